The van der Waals surface area contributed by atoms with Gasteiger partial charge in [-0.05, 0) is 56.3 Å². The summed E-state index contributed by atoms with van der Waals surface area (Å²) in [5, 5.41) is 8.86. The molecular formula is C25H23N5O4. The molecule has 0 saturated heterocycles. The van der Waals surface area contributed by atoms with Crippen LogP contribution in [0.15, 0.2) is 59.4 Å². The Morgan fingerprint density at radius 1 is 1.03 bits per heavy atom. The standard InChI is InChI=1S/C25H23N5O4/c1-15-13-20(16(2)29(15)17-9-11-18(33-4)12-10-17)24(32)34-14-22-26-27-25-28(3)23(31)19-7-5-6-8-21(19)30(22)25/h5-13H,14H2,1-4H3. The zero-order chi connectivity index (χ0) is 24.0. The van der Waals surface area contributed by atoms with E-state index < -0.39 is 5.97 Å². The third-order valence-corrected chi connectivity index (χ3v) is 6.01. The Balaban J connectivity index is 1.46. The molecule has 0 fully saturated rings. The number of nitrogens with zero attached hydrogens (tertiary/aromatic N) is 5. The lowest BCUT2D eigenvalue weighted by atomic mass is 10.2. The number of rotatable bonds is 5. The molecule has 34 heavy (non-hydrogen) atoms. The molecule has 9 heteroatoms. The molecule has 172 valence electrons. The van der Waals surface area contributed by atoms with Crippen molar-refractivity contribution >= 4 is 22.6 Å². The highest BCUT2D eigenvalue weighted by molar-refractivity contribution is 5.91. The Bertz CT molecular complexity index is 1610. The number of para-hydroxylation sites is 1. The Morgan fingerprint density at radius 3 is 2.50 bits per heavy atom. The minimum atomic E-state index is -0.460. The number of carbonyl (C=O) groups is 1. The molecule has 0 aliphatic rings. The monoisotopic (exact) mass is 457 g/mol. The van der Waals surface area contributed by atoms with Crippen molar-refractivity contribution in [1.29, 1.82) is 0 Å². The van der Waals surface area contributed by atoms with E-state index in [0.29, 0.717) is 28.1 Å². The summed E-state index contributed by atoms with van der Waals surface area (Å²) < 4.78 is 16.0. The number of carbonyl (C=O) groups excluding carboxylic acids is 1. The number of aromatic nitrogens is 5. The van der Waals surface area contributed by atoms with Crippen LogP contribution >= 0.6 is 0 Å². The van der Waals surface area contributed by atoms with Crippen molar-refractivity contribution in [2.75, 3.05) is 7.11 Å². The first-order valence-corrected chi connectivity index (χ1v) is 10.7. The third-order valence-electron chi connectivity index (χ3n) is 6.01. The lowest BCUT2D eigenvalue weighted by molar-refractivity contribution is 0.0460. The number of ether oxygens (including phenoxy) is 2. The van der Waals surface area contributed by atoms with E-state index in [-0.39, 0.29) is 12.2 Å². The molecule has 3 aromatic heterocycles. The third kappa shape index (κ3) is 3.33. The minimum absolute atomic E-state index is 0.0889. The Hall–Kier alpha value is -4.40. The lowest BCUT2D eigenvalue weighted by Crippen LogP contribution is -2.20. The summed E-state index contributed by atoms with van der Waals surface area (Å²) in [7, 11) is 3.26. The van der Waals surface area contributed by atoms with Crippen molar-refractivity contribution in [3.63, 3.8) is 0 Å². The molecular weight excluding hydrogens is 434 g/mol. The largest absolute Gasteiger partial charge is 0.497 e. The molecule has 5 rings (SSSR count). The topological polar surface area (TPSA) is 92.7 Å². The van der Waals surface area contributed by atoms with Crippen LogP contribution in [0.1, 0.15) is 27.6 Å². The summed E-state index contributed by atoms with van der Waals surface area (Å²) in [6, 6.07) is 16.6. The van der Waals surface area contributed by atoms with Gasteiger partial charge in [0, 0.05) is 24.1 Å². The highest BCUT2D eigenvalue weighted by Crippen LogP contribution is 2.24. The van der Waals surface area contributed by atoms with E-state index >= 15 is 0 Å². The predicted molar refractivity (Wildman–Crippen MR) is 127 cm³/mol. The first-order chi connectivity index (χ1) is 16.4. The molecule has 9 nitrogen and oxygen atoms in total. The zero-order valence-corrected chi connectivity index (χ0v) is 19.3. The molecule has 5 aromatic rings. The van der Waals surface area contributed by atoms with Gasteiger partial charge < -0.3 is 14.0 Å². The van der Waals surface area contributed by atoms with Gasteiger partial charge in [-0.3, -0.25) is 13.8 Å². The number of benzene rings is 2. The fourth-order valence-electron chi connectivity index (χ4n) is 4.29. The highest BCUT2D eigenvalue weighted by atomic mass is 16.5. The van der Waals surface area contributed by atoms with Gasteiger partial charge in [-0.2, -0.15) is 0 Å². The van der Waals surface area contributed by atoms with Crippen LogP contribution in [0.5, 0.6) is 5.75 Å². The second kappa shape index (κ2) is 8.18. The normalized spacial score (nSPS) is 11.3. The van der Waals surface area contributed by atoms with Gasteiger partial charge in [-0.1, -0.05) is 12.1 Å². The molecule has 0 unspecified atom stereocenters. The smallest absolute Gasteiger partial charge is 0.340 e. The van der Waals surface area contributed by atoms with Gasteiger partial charge in [0.2, 0.25) is 5.78 Å². The van der Waals surface area contributed by atoms with Crippen molar-refractivity contribution < 1.29 is 14.3 Å². The number of hydrogen-bond acceptors (Lipinski definition) is 6. The van der Waals surface area contributed by atoms with E-state index in [1.807, 2.05) is 60.9 Å². The van der Waals surface area contributed by atoms with Gasteiger partial charge in [0.15, 0.2) is 12.4 Å². The number of esters is 1. The second-order valence-electron chi connectivity index (χ2n) is 8.03. The Labute approximate surface area is 194 Å². The van der Waals surface area contributed by atoms with Gasteiger partial charge in [0.05, 0.1) is 23.6 Å². The van der Waals surface area contributed by atoms with Crippen LogP contribution in [0.2, 0.25) is 0 Å². The number of hydrogen-bond donors (Lipinski definition) is 0. The maximum Gasteiger partial charge on any atom is 0.340 e. The maximum atomic E-state index is 13.0. The second-order valence-corrected chi connectivity index (χ2v) is 8.03. The first kappa shape index (κ1) is 21.4. The molecule has 0 amide bonds. The lowest BCUT2D eigenvalue weighted by Gasteiger charge is -2.11. The quantitative estimate of drug-likeness (QED) is 0.376. The summed E-state index contributed by atoms with van der Waals surface area (Å²) in [6.07, 6.45) is 0. The zero-order valence-electron chi connectivity index (χ0n) is 19.3. The molecule has 3 heterocycles. The van der Waals surface area contributed by atoms with Crippen molar-refractivity contribution in [1.82, 2.24) is 23.7 Å². The molecule has 0 radical (unpaired) electrons. The van der Waals surface area contributed by atoms with Gasteiger partial charge in [0.25, 0.3) is 5.56 Å². The van der Waals surface area contributed by atoms with Crippen LogP contribution in [-0.2, 0) is 18.4 Å². The van der Waals surface area contributed by atoms with Crippen molar-refractivity contribution in [3.05, 3.63) is 87.7 Å². The highest BCUT2D eigenvalue weighted by Gasteiger charge is 2.20. The van der Waals surface area contributed by atoms with E-state index in [1.54, 1.807) is 30.7 Å². The average molecular weight is 457 g/mol. The molecule has 0 aliphatic heterocycles. The van der Waals surface area contributed by atoms with Crippen LogP contribution in [0.25, 0.3) is 22.4 Å². The number of aryl methyl sites for hydroxylation is 2. The number of fused-ring (bicyclic) bond motifs is 3. The Morgan fingerprint density at radius 2 is 1.76 bits per heavy atom. The van der Waals surface area contributed by atoms with E-state index in [9.17, 15) is 9.59 Å². The molecule has 0 atom stereocenters. The number of methoxy groups -OCH3 is 1. The fraction of sp³-hybridized carbons (Fsp3) is 0.200. The fourth-order valence-corrected chi connectivity index (χ4v) is 4.29. The summed E-state index contributed by atoms with van der Waals surface area (Å²) in [4.78, 5) is 25.6. The van der Waals surface area contributed by atoms with Gasteiger partial charge in [0.1, 0.15) is 5.75 Å². The van der Waals surface area contributed by atoms with Gasteiger partial charge in [-0.15, -0.1) is 10.2 Å². The van der Waals surface area contributed by atoms with E-state index in [0.717, 1.165) is 22.8 Å². The predicted octanol–water partition coefficient (Wildman–Crippen LogP) is 3.35. The molecule has 0 aliphatic carbocycles. The van der Waals surface area contributed by atoms with Crippen molar-refractivity contribution in [3.8, 4) is 11.4 Å². The van der Waals surface area contributed by atoms with Crippen LogP contribution in [0.3, 0.4) is 0 Å². The van der Waals surface area contributed by atoms with Crippen molar-refractivity contribution in [2.24, 2.45) is 7.05 Å². The van der Waals surface area contributed by atoms with Crippen molar-refractivity contribution in [2.45, 2.75) is 20.5 Å². The SMILES string of the molecule is COc1ccc(-n2c(C)cc(C(=O)OCc3nnc4n(C)c(=O)c5ccccc5n34)c2C)cc1. The average Bonchev–Trinajstić information content (AvgIpc) is 3.41. The summed E-state index contributed by atoms with van der Waals surface area (Å²) in [5.41, 5.74) is 3.57. The van der Waals surface area contributed by atoms with Crippen LogP contribution < -0.4 is 10.3 Å². The van der Waals surface area contributed by atoms with Gasteiger partial charge in [-0.25, -0.2) is 4.79 Å². The van der Waals surface area contributed by atoms with Crippen LogP contribution in [0.4, 0.5) is 0 Å². The van der Waals surface area contributed by atoms with Crippen LogP contribution in [-0.4, -0.2) is 36.8 Å². The maximum absolute atomic E-state index is 13.0. The van der Waals surface area contributed by atoms with E-state index in [2.05, 4.69) is 10.2 Å². The van der Waals surface area contributed by atoms with Gasteiger partial charge >= 0.3 is 5.97 Å². The molecule has 0 spiro atoms. The minimum Gasteiger partial charge on any atom is -0.497 e. The van der Waals surface area contributed by atoms with Crippen LogP contribution in [0, 0.1) is 13.8 Å². The molecule has 0 saturated carbocycles. The molecule has 0 N–H and O–H groups in total. The van der Waals surface area contributed by atoms with E-state index in [4.69, 9.17) is 9.47 Å². The molecule has 2 aromatic carbocycles. The Kier molecular flexibility index (Phi) is 5.16. The summed E-state index contributed by atoms with van der Waals surface area (Å²) in [6.45, 7) is 3.73. The first-order valence-electron chi connectivity index (χ1n) is 10.7. The molecule has 0 bridgehead atoms. The summed E-state index contributed by atoms with van der Waals surface area (Å²) in [5.74, 6) is 1.11. The van der Waals surface area contributed by atoms with E-state index in [1.165, 1.54) is 4.57 Å². The summed E-state index contributed by atoms with van der Waals surface area (Å²) >= 11 is 0.